The Balaban J connectivity index is 1.94. The Kier molecular flexibility index (Phi) is 2.59. The van der Waals surface area contributed by atoms with Crippen LogP contribution in [0.4, 0.5) is 0 Å². The number of halogens is 1. The molecule has 0 spiro atoms. The van der Waals surface area contributed by atoms with Gasteiger partial charge in [-0.3, -0.25) is 0 Å². The zero-order chi connectivity index (χ0) is 13.7. The molecule has 3 nitrogen and oxygen atoms in total. The van der Waals surface area contributed by atoms with Crippen LogP contribution in [-0.4, -0.2) is 9.55 Å². The molecule has 1 N–H and O–H groups in total. The summed E-state index contributed by atoms with van der Waals surface area (Å²) in [5.41, 5.74) is 5.81. The Labute approximate surface area is 122 Å². The van der Waals surface area contributed by atoms with E-state index in [0.29, 0.717) is 0 Å². The van der Waals surface area contributed by atoms with Gasteiger partial charge >= 0.3 is 0 Å². The molecule has 1 aliphatic heterocycles. The number of fused-ring (bicyclic) bond motifs is 2. The van der Waals surface area contributed by atoms with Crippen LogP contribution < -0.4 is 5.32 Å². The van der Waals surface area contributed by atoms with Gasteiger partial charge in [0.2, 0.25) is 0 Å². The van der Waals surface area contributed by atoms with Crippen LogP contribution in [0.15, 0.2) is 36.4 Å². The number of hydrogen-bond donors (Lipinski definition) is 1. The maximum atomic E-state index is 6.29. The molecule has 4 rings (SSSR count). The molecule has 2 aromatic carbocycles. The number of nitrogens with one attached hydrogen (secondary N) is 1. The molecule has 2 heterocycles. The quantitative estimate of drug-likeness (QED) is 0.741. The van der Waals surface area contributed by atoms with Crippen molar-refractivity contribution >= 4 is 22.6 Å². The van der Waals surface area contributed by atoms with E-state index in [1.165, 1.54) is 11.1 Å². The highest BCUT2D eigenvalue weighted by atomic mass is 35.5. The van der Waals surface area contributed by atoms with E-state index in [0.717, 1.165) is 40.5 Å². The van der Waals surface area contributed by atoms with E-state index >= 15 is 0 Å². The van der Waals surface area contributed by atoms with Crippen LogP contribution in [0.5, 0.6) is 0 Å². The van der Waals surface area contributed by atoms with Crippen molar-refractivity contribution in [1.29, 1.82) is 0 Å². The van der Waals surface area contributed by atoms with Gasteiger partial charge in [-0.05, 0) is 29.3 Å². The van der Waals surface area contributed by atoms with Gasteiger partial charge < -0.3 is 9.88 Å². The molecule has 0 atom stereocenters. The third-order valence-electron chi connectivity index (χ3n) is 3.94. The minimum Gasteiger partial charge on any atom is -0.326 e. The predicted octanol–water partition coefficient (Wildman–Crippen LogP) is 3.50. The monoisotopic (exact) mass is 283 g/mol. The lowest BCUT2D eigenvalue weighted by Crippen LogP contribution is -1.99. The van der Waals surface area contributed by atoms with Gasteiger partial charge in [-0.15, -0.1) is 0 Å². The smallest absolute Gasteiger partial charge is 0.140 e. The van der Waals surface area contributed by atoms with E-state index < -0.39 is 0 Å². The minimum absolute atomic E-state index is 0.742. The molecular weight excluding hydrogens is 270 g/mol. The normalized spacial score (nSPS) is 13.9. The Hall–Kier alpha value is -1.84. The van der Waals surface area contributed by atoms with Crippen molar-refractivity contribution in [2.45, 2.75) is 13.1 Å². The van der Waals surface area contributed by atoms with Gasteiger partial charge in [0.25, 0.3) is 0 Å². The number of aromatic nitrogens is 2. The third kappa shape index (κ3) is 1.67. The van der Waals surface area contributed by atoms with E-state index in [9.17, 15) is 0 Å². The van der Waals surface area contributed by atoms with Gasteiger partial charge in [-0.1, -0.05) is 29.8 Å². The summed E-state index contributed by atoms with van der Waals surface area (Å²) in [6.45, 7) is 1.90. The first-order valence-corrected chi connectivity index (χ1v) is 7.05. The first kappa shape index (κ1) is 11.9. The van der Waals surface area contributed by atoms with Crippen LogP contribution in [-0.2, 0) is 20.1 Å². The molecule has 0 saturated carbocycles. The van der Waals surface area contributed by atoms with Crippen LogP contribution in [0.1, 0.15) is 11.1 Å². The topological polar surface area (TPSA) is 29.9 Å². The largest absolute Gasteiger partial charge is 0.326 e. The summed E-state index contributed by atoms with van der Waals surface area (Å²) in [5, 5.41) is 4.11. The van der Waals surface area contributed by atoms with E-state index in [4.69, 9.17) is 16.6 Å². The average molecular weight is 284 g/mol. The first-order chi connectivity index (χ1) is 9.74. The van der Waals surface area contributed by atoms with Crippen molar-refractivity contribution in [2.75, 3.05) is 0 Å². The molecule has 0 bridgehead atoms. The highest BCUT2D eigenvalue weighted by molar-refractivity contribution is 6.35. The zero-order valence-corrected chi connectivity index (χ0v) is 11.9. The van der Waals surface area contributed by atoms with Gasteiger partial charge in [-0.25, -0.2) is 4.98 Å². The summed E-state index contributed by atoms with van der Waals surface area (Å²) in [7, 11) is 2.02. The molecule has 1 aliphatic rings. The van der Waals surface area contributed by atoms with Crippen LogP contribution in [0.2, 0.25) is 5.02 Å². The average Bonchev–Trinajstić information content (AvgIpc) is 3.03. The van der Waals surface area contributed by atoms with Crippen molar-refractivity contribution in [1.82, 2.24) is 14.9 Å². The third-order valence-corrected chi connectivity index (χ3v) is 4.25. The Morgan fingerprint density at radius 2 is 2.00 bits per heavy atom. The van der Waals surface area contributed by atoms with Crippen molar-refractivity contribution in [3.05, 3.63) is 52.5 Å². The molecule has 100 valence electrons. The summed E-state index contributed by atoms with van der Waals surface area (Å²) >= 11 is 6.29. The van der Waals surface area contributed by atoms with Gasteiger partial charge in [-0.2, -0.15) is 0 Å². The SMILES string of the molecule is Cn1c(-c2ccc3c(c2)CNC3)nc2cccc(Cl)c21. The minimum atomic E-state index is 0.742. The van der Waals surface area contributed by atoms with E-state index in [2.05, 4.69) is 28.1 Å². The lowest BCUT2D eigenvalue weighted by molar-refractivity contribution is 0.765. The highest BCUT2D eigenvalue weighted by Crippen LogP contribution is 2.30. The van der Waals surface area contributed by atoms with Crippen LogP contribution >= 0.6 is 11.6 Å². The van der Waals surface area contributed by atoms with Crippen molar-refractivity contribution in [3.8, 4) is 11.4 Å². The first-order valence-electron chi connectivity index (χ1n) is 6.68. The second kappa shape index (κ2) is 4.33. The fraction of sp³-hybridized carbons (Fsp3) is 0.188. The number of imidazole rings is 1. The Morgan fingerprint density at radius 1 is 1.15 bits per heavy atom. The molecular formula is C16H14ClN3. The molecule has 1 aromatic heterocycles. The van der Waals surface area contributed by atoms with Crippen molar-refractivity contribution in [2.24, 2.45) is 7.05 Å². The van der Waals surface area contributed by atoms with Crippen molar-refractivity contribution < 1.29 is 0 Å². The number of nitrogens with zero attached hydrogens (tertiary/aromatic N) is 2. The molecule has 3 aromatic rings. The fourth-order valence-corrected chi connectivity index (χ4v) is 3.21. The second-order valence-electron chi connectivity index (χ2n) is 5.19. The Bertz CT molecular complexity index is 820. The summed E-state index contributed by atoms with van der Waals surface area (Å²) in [4.78, 5) is 4.73. The molecule has 20 heavy (non-hydrogen) atoms. The summed E-state index contributed by atoms with van der Waals surface area (Å²) in [6, 6.07) is 12.4. The number of hydrogen-bond acceptors (Lipinski definition) is 2. The molecule has 0 saturated heterocycles. The number of rotatable bonds is 1. The van der Waals surface area contributed by atoms with Gasteiger partial charge in [0.15, 0.2) is 0 Å². The molecule has 0 radical (unpaired) electrons. The van der Waals surface area contributed by atoms with Crippen LogP contribution in [0, 0.1) is 0 Å². The van der Waals surface area contributed by atoms with Crippen LogP contribution in [0.3, 0.4) is 0 Å². The number of para-hydroxylation sites is 1. The number of aryl methyl sites for hydroxylation is 1. The molecule has 0 amide bonds. The Morgan fingerprint density at radius 3 is 2.85 bits per heavy atom. The van der Waals surface area contributed by atoms with Crippen LogP contribution in [0.25, 0.3) is 22.4 Å². The van der Waals surface area contributed by atoms with E-state index in [1.807, 2.05) is 25.2 Å². The zero-order valence-electron chi connectivity index (χ0n) is 11.2. The fourth-order valence-electron chi connectivity index (χ4n) is 2.91. The molecule has 0 fully saturated rings. The van der Waals surface area contributed by atoms with Gasteiger partial charge in [0, 0.05) is 25.7 Å². The number of benzene rings is 2. The molecule has 4 heteroatoms. The summed E-state index contributed by atoms with van der Waals surface area (Å²) < 4.78 is 2.07. The van der Waals surface area contributed by atoms with E-state index in [-0.39, 0.29) is 0 Å². The molecule has 0 aliphatic carbocycles. The molecule has 0 unspecified atom stereocenters. The maximum absolute atomic E-state index is 6.29. The summed E-state index contributed by atoms with van der Waals surface area (Å²) in [5.74, 6) is 0.961. The second-order valence-corrected chi connectivity index (χ2v) is 5.60. The lowest BCUT2D eigenvalue weighted by Gasteiger charge is -2.05. The standard InChI is InChI=1S/C16H14ClN3/c1-20-15-13(17)3-2-4-14(15)19-16(20)10-5-6-11-8-18-9-12(11)7-10/h2-7,18H,8-9H2,1H3. The lowest BCUT2D eigenvalue weighted by atomic mass is 10.1. The highest BCUT2D eigenvalue weighted by Gasteiger charge is 2.15. The van der Waals surface area contributed by atoms with E-state index in [1.54, 1.807) is 0 Å². The predicted molar refractivity (Wildman–Crippen MR) is 81.7 cm³/mol. The van der Waals surface area contributed by atoms with Gasteiger partial charge in [0.1, 0.15) is 5.82 Å². The van der Waals surface area contributed by atoms with Gasteiger partial charge in [0.05, 0.1) is 16.1 Å². The van der Waals surface area contributed by atoms with Crippen molar-refractivity contribution in [3.63, 3.8) is 0 Å². The summed E-state index contributed by atoms with van der Waals surface area (Å²) in [6.07, 6.45) is 0. The maximum Gasteiger partial charge on any atom is 0.140 e.